The molecule has 0 amide bonds. The smallest absolute Gasteiger partial charge is 0.141 e. The van der Waals surface area contributed by atoms with Gasteiger partial charge in [-0.15, -0.1) is 0 Å². The lowest BCUT2D eigenvalue weighted by Crippen LogP contribution is -2.04. The molecule has 0 spiro atoms. The van der Waals surface area contributed by atoms with Gasteiger partial charge in [-0.3, -0.25) is 0 Å². The molecule has 0 aliphatic heterocycles. The average Bonchev–Trinajstić information content (AvgIpc) is 2.97. The highest BCUT2D eigenvalue weighted by Gasteiger charge is 2.14. The van der Waals surface area contributed by atoms with Gasteiger partial charge >= 0.3 is 0 Å². The van der Waals surface area contributed by atoms with Crippen molar-refractivity contribution in [2.75, 3.05) is 0 Å². The van der Waals surface area contributed by atoms with Crippen molar-refractivity contribution in [2.45, 2.75) is 20.4 Å². The first-order chi connectivity index (χ1) is 12.1. The van der Waals surface area contributed by atoms with Gasteiger partial charge in [-0.05, 0) is 49.2 Å². The van der Waals surface area contributed by atoms with E-state index in [0.717, 1.165) is 34.0 Å². The van der Waals surface area contributed by atoms with Crippen LogP contribution in [0.2, 0.25) is 5.02 Å². The Kier molecular flexibility index (Phi) is 4.06. The summed E-state index contributed by atoms with van der Waals surface area (Å²) in [7, 11) is 0. The lowest BCUT2D eigenvalue weighted by Gasteiger charge is -2.13. The summed E-state index contributed by atoms with van der Waals surface area (Å²) in [5, 5.41) is 0.725. The van der Waals surface area contributed by atoms with Crippen LogP contribution in [0.25, 0.3) is 22.4 Å². The molecule has 0 radical (unpaired) electrons. The number of para-hydroxylation sites is 2. The Balaban J connectivity index is 1.92. The second-order valence-electron chi connectivity index (χ2n) is 6.45. The largest absolute Gasteiger partial charge is 0.319 e. The van der Waals surface area contributed by atoms with Gasteiger partial charge in [0.25, 0.3) is 0 Å². The van der Waals surface area contributed by atoms with Gasteiger partial charge in [-0.25, -0.2) is 4.98 Å². The predicted molar refractivity (Wildman–Crippen MR) is 105 cm³/mol. The highest BCUT2D eigenvalue weighted by Crippen LogP contribution is 2.28. The first-order valence-corrected chi connectivity index (χ1v) is 8.77. The zero-order valence-electron chi connectivity index (χ0n) is 14.3. The summed E-state index contributed by atoms with van der Waals surface area (Å²) in [6, 6.07) is 22.8. The zero-order valence-corrected chi connectivity index (χ0v) is 15.1. The molecule has 3 aromatic carbocycles. The maximum atomic E-state index is 6.21. The molecule has 0 bridgehead atoms. The van der Waals surface area contributed by atoms with E-state index >= 15 is 0 Å². The molecule has 0 saturated carbocycles. The number of imidazole rings is 1. The fraction of sp³-hybridized carbons (Fsp3) is 0.136. The first kappa shape index (κ1) is 15.9. The molecule has 0 unspecified atom stereocenters. The molecular weight excluding hydrogens is 328 g/mol. The number of rotatable bonds is 3. The minimum Gasteiger partial charge on any atom is -0.319 e. The van der Waals surface area contributed by atoms with Gasteiger partial charge in [-0.2, -0.15) is 0 Å². The predicted octanol–water partition coefficient (Wildman–Crippen LogP) is 6.02. The Morgan fingerprint density at radius 1 is 0.920 bits per heavy atom. The SMILES string of the molecule is Cc1ccc(C)c(Cn2c(-c3cccc(Cl)c3)nc3ccccc32)c1. The van der Waals surface area contributed by atoms with E-state index in [9.17, 15) is 0 Å². The highest BCUT2D eigenvalue weighted by molar-refractivity contribution is 6.30. The molecule has 2 nitrogen and oxygen atoms in total. The summed E-state index contributed by atoms with van der Waals surface area (Å²) in [6.07, 6.45) is 0. The third kappa shape index (κ3) is 3.06. The highest BCUT2D eigenvalue weighted by atomic mass is 35.5. The second kappa shape index (κ2) is 6.38. The third-order valence-corrected chi connectivity index (χ3v) is 4.81. The van der Waals surface area contributed by atoms with Gasteiger partial charge in [0.15, 0.2) is 0 Å². The number of aromatic nitrogens is 2. The Bertz CT molecular complexity index is 1060. The lowest BCUT2D eigenvalue weighted by molar-refractivity contribution is 0.827. The molecule has 4 rings (SSSR count). The van der Waals surface area contributed by atoms with Crippen LogP contribution in [0.1, 0.15) is 16.7 Å². The van der Waals surface area contributed by atoms with Crippen molar-refractivity contribution < 1.29 is 0 Å². The normalized spacial score (nSPS) is 11.2. The van der Waals surface area contributed by atoms with Crippen molar-refractivity contribution in [1.82, 2.24) is 9.55 Å². The number of fused-ring (bicyclic) bond motifs is 1. The van der Waals surface area contributed by atoms with E-state index in [0.29, 0.717) is 0 Å². The maximum absolute atomic E-state index is 6.21. The van der Waals surface area contributed by atoms with E-state index in [1.807, 2.05) is 24.3 Å². The molecule has 1 aromatic heterocycles. The van der Waals surface area contributed by atoms with E-state index in [4.69, 9.17) is 16.6 Å². The first-order valence-electron chi connectivity index (χ1n) is 8.39. The third-order valence-electron chi connectivity index (χ3n) is 4.57. The summed E-state index contributed by atoms with van der Waals surface area (Å²) < 4.78 is 2.28. The minimum absolute atomic E-state index is 0.725. The monoisotopic (exact) mass is 346 g/mol. The van der Waals surface area contributed by atoms with Crippen molar-refractivity contribution in [3.05, 3.63) is 88.4 Å². The van der Waals surface area contributed by atoms with Crippen molar-refractivity contribution in [1.29, 1.82) is 0 Å². The zero-order chi connectivity index (χ0) is 17.4. The number of aryl methyl sites for hydroxylation is 2. The Morgan fingerprint density at radius 3 is 2.60 bits per heavy atom. The minimum atomic E-state index is 0.725. The van der Waals surface area contributed by atoms with E-state index in [-0.39, 0.29) is 0 Å². The molecule has 0 atom stereocenters. The van der Waals surface area contributed by atoms with Gasteiger partial charge < -0.3 is 4.57 Å². The molecule has 0 aliphatic carbocycles. The summed E-state index contributed by atoms with van der Waals surface area (Å²) in [5.41, 5.74) is 7.05. The number of hydrogen-bond donors (Lipinski definition) is 0. The number of hydrogen-bond acceptors (Lipinski definition) is 1. The van der Waals surface area contributed by atoms with Crippen molar-refractivity contribution in [3.8, 4) is 11.4 Å². The molecule has 0 N–H and O–H groups in total. The molecule has 0 saturated heterocycles. The van der Waals surface area contributed by atoms with Crippen LogP contribution >= 0.6 is 11.6 Å². The van der Waals surface area contributed by atoms with Gasteiger partial charge in [0, 0.05) is 17.1 Å². The van der Waals surface area contributed by atoms with Gasteiger partial charge in [0.05, 0.1) is 11.0 Å². The molecule has 1 heterocycles. The molecule has 25 heavy (non-hydrogen) atoms. The average molecular weight is 347 g/mol. The molecule has 3 heteroatoms. The summed E-state index contributed by atoms with van der Waals surface area (Å²) in [4.78, 5) is 4.88. The fourth-order valence-electron chi connectivity index (χ4n) is 3.22. The van der Waals surface area contributed by atoms with Gasteiger partial charge in [-0.1, -0.05) is 59.6 Å². The second-order valence-corrected chi connectivity index (χ2v) is 6.89. The van der Waals surface area contributed by atoms with Crippen molar-refractivity contribution >= 4 is 22.6 Å². The van der Waals surface area contributed by atoms with Crippen LogP contribution in [-0.2, 0) is 6.54 Å². The van der Waals surface area contributed by atoms with Crippen LogP contribution in [0.5, 0.6) is 0 Å². The Morgan fingerprint density at radius 2 is 1.76 bits per heavy atom. The fourth-order valence-corrected chi connectivity index (χ4v) is 3.41. The van der Waals surface area contributed by atoms with Crippen LogP contribution in [0, 0.1) is 13.8 Å². The molecule has 124 valence electrons. The quantitative estimate of drug-likeness (QED) is 0.443. The standard InChI is InChI=1S/C22H19ClN2/c1-15-10-11-16(2)18(12-15)14-25-21-9-4-3-8-20(21)24-22(25)17-6-5-7-19(23)13-17/h3-13H,14H2,1-2H3. The van der Waals surface area contributed by atoms with Crippen LogP contribution < -0.4 is 0 Å². The molecule has 0 aliphatic rings. The van der Waals surface area contributed by atoms with E-state index in [1.165, 1.54) is 16.7 Å². The van der Waals surface area contributed by atoms with Crippen LogP contribution in [0.3, 0.4) is 0 Å². The van der Waals surface area contributed by atoms with Gasteiger partial charge in [0.2, 0.25) is 0 Å². The van der Waals surface area contributed by atoms with E-state index in [1.54, 1.807) is 0 Å². The van der Waals surface area contributed by atoms with E-state index in [2.05, 4.69) is 60.9 Å². The Hall–Kier alpha value is -2.58. The lowest BCUT2D eigenvalue weighted by atomic mass is 10.1. The summed E-state index contributed by atoms with van der Waals surface area (Å²) in [5.74, 6) is 0.949. The summed E-state index contributed by atoms with van der Waals surface area (Å²) >= 11 is 6.21. The summed E-state index contributed by atoms with van der Waals surface area (Å²) in [6.45, 7) is 5.08. The number of halogens is 1. The van der Waals surface area contributed by atoms with E-state index < -0.39 is 0 Å². The Labute approximate surface area is 152 Å². The van der Waals surface area contributed by atoms with Crippen molar-refractivity contribution in [2.24, 2.45) is 0 Å². The van der Waals surface area contributed by atoms with Crippen LogP contribution in [0.15, 0.2) is 66.7 Å². The molecular formula is C22H19ClN2. The van der Waals surface area contributed by atoms with Crippen LogP contribution in [-0.4, -0.2) is 9.55 Å². The van der Waals surface area contributed by atoms with Crippen LogP contribution in [0.4, 0.5) is 0 Å². The molecule has 4 aromatic rings. The topological polar surface area (TPSA) is 17.8 Å². The number of nitrogens with zero attached hydrogens (tertiary/aromatic N) is 2. The molecule has 0 fully saturated rings. The van der Waals surface area contributed by atoms with Crippen molar-refractivity contribution in [3.63, 3.8) is 0 Å². The van der Waals surface area contributed by atoms with Gasteiger partial charge in [0.1, 0.15) is 5.82 Å². The number of benzene rings is 3. The maximum Gasteiger partial charge on any atom is 0.141 e.